The number of carbonyl (C=O) groups excluding carboxylic acids is 2. The summed E-state index contributed by atoms with van der Waals surface area (Å²) in [4.78, 5) is 25.0. The summed E-state index contributed by atoms with van der Waals surface area (Å²) in [6.45, 7) is 5.57. The van der Waals surface area contributed by atoms with Crippen LogP contribution in [0.15, 0.2) is 54.6 Å². The highest BCUT2D eigenvalue weighted by Gasteiger charge is 2.25. The molecule has 39 heavy (non-hydrogen) atoms. The third-order valence-corrected chi connectivity index (χ3v) is 6.57. The Balaban J connectivity index is 1.90. The largest absolute Gasteiger partial charge is 0.492 e. The van der Waals surface area contributed by atoms with E-state index in [2.05, 4.69) is 4.72 Å². The van der Waals surface area contributed by atoms with Crippen LogP contribution in [0.2, 0.25) is 0 Å². The molecular formula is C28H34FN3O6S. The van der Waals surface area contributed by atoms with Crippen LogP contribution in [0.5, 0.6) is 11.5 Å². The monoisotopic (exact) mass is 559 g/mol. The first-order valence-electron chi connectivity index (χ1n) is 12.3. The van der Waals surface area contributed by atoms with E-state index in [-0.39, 0.29) is 43.1 Å². The van der Waals surface area contributed by atoms with E-state index in [4.69, 9.17) is 14.2 Å². The van der Waals surface area contributed by atoms with Gasteiger partial charge in [-0.05, 0) is 57.0 Å². The van der Waals surface area contributed by atoms with Crippen LogP contribution in [0, 0.1) is 5.82 Å². The van der Waals surface area contributed by atoms with E-state index in [1.807, 2.05) is 30.3 Å². The van der Waals surface area contributed by atoms with Gasteiger partial charge in [-0.1, -0.05) is 36.4 Å². The van der Waals surface area contributed by atoms with Gasteiger partial charge in [-0.15, -0.1) is 0 Å². The topological polar surface area (TPSA) is 97.4 Å². The van der Waals surface area contributed by atoms with Gasteiger partial charge in [0.2, 0.25) is 0 Å². The molecule has 3 aromatic carbocycles. The van der Waals surface area contributed by atoms with Gasteiger partial charge in [0, 0.05) is 12.4 Å². The van der Waals surface area contributed by atoms with Gasteiger partial charge >= 0.3 is 6.09 Å². The average molecular weight is 560 g/mol. The third kappa shape index (κ3) is 8.14. The number of fused-ring (bicyclic) bond motifs is 1. The fourth-order valence-electron chi connectivity index (χ4n) is 3.62. The highest BCUT2D eigenvalue weighted by molar-refractivity contribution is 7.84. The second-order valence-corrected chi connectivity index (χ2v) is 11.0. The Hall–Kier alpha value is -3.70. The number of ether oxygens (including phenoxy) is 3. The Labute approximate surface area is 230 Å². The molecule has 0 fully saturated rings. The van der Waals surface area contributed by atoms with Crippen LogP contribution in [0.3, 0.4) is 0 Å². The SMILES string of the molecule is CNS(=O)N(CC=O)c1c(OCc2ccccc2)cc2ccc(OCCN(C)C(=O)OC(C)(C)C)cc2c1F. The number of benzene rings is 3. The fourth-order valence-corrected chi connectivity index (χ4v) is 4.37. The van der Waals surface area contributed by atoms with Crippen LogP contribution < -0.4 is 18.5 Å². The Kier molecular flexibility index (Phi) is 10.2. The molecule has 0 saturated carbocycles. The second kappa shape index (κ2) is 13.4. The predicted molar refractivity (Wildman–Crippen MR) is 150 cm³/mol. The number of hydrogen-bond acceptors (Lipinski definition) is 6. The maximum atomic E-state index is 16.1. The van der Waals surface area contributed by atoms with Crippen LogP contribution in [-0.2, 0) is 27.3 Å². The number of halogens is 1. The molecule has 1 N–H and O–H groups in total. The van der Waals surface area contributed by atoms with Crippen molar-refractivity contribution in [3.05, 3.63) is 66.0 Å². The van der Waals surface area contributed by atoms with Crippen molar-refractivity contribution in [1.29, 1.82) is 0 Å². The molecule has 0 aliphatic heterocycles. The van der Waals surface area contributed by atoms with Gasteiger partial charge in [0.15, 0.2) is 17.0 Å². The minimum atomic E-state index is -1.90. The van der Waals surface area contributed by atoms with E-state index in [0.29, 0.717) is 17.4 Å². The van der Waals surface area contributed by atoms with Gasteiger partial charge in [0.1, 0.15) is 42.3 Å². The predicted octanol–water partition coefficient (Wildman–Crippen LogP) is 4.61. The third-order valence-electron chi connectivity index (χ3n) is 5.49. The minimum absolute atomic E-state index is 0.111. The zero-order valence-corrected chi connectivity index (χ0v) is 23.5. The van der Waals surface area contributed by atoms with Gasteiger partial charge in [-0.2, -0.15) is 0 Å². The smallest absolute Gasteiger partial charge is 0.410 e. The Morgan fingerprint density at radius 1 is 1.10 bits per heavy atom. The summed E-state index contributed by atoms with van der Waals surface area (Å²) >= 11 is -1.90. The van der Waals surface area contributed by atoms with Gasteiger partial charge in [0.25, 0.3) is 0 Å². The lowest BCUT2D eigenvalue weighted by Crippen LogP contribution is -2.36. The Morgan fingerprint density at radius 3 is 2.46 bits per heavy atom. The molecule has 3 aromatic rings. The number of hydrogen-bond donors (Lipinski definition) is 1. The summed E-state index contributed by atoms with van der Waals surface area (Å²) in [7, 11) is 3.04. The van der Waals surface area contributed by atoms with Crippen LogP contribution in [0.25, 0.3) is 10.8 Å². The molecule has 210 valence electrons. The average Bonchev–Trinajstić information content (AvgIpc) is 2.90. The van der Waals surface area contributed by atoms with E-state index in [9.17, 15) is 13.8 Å². The Bertz CT molecular complexity index is 1320. The maximum absolute atomic E-state index is 16.1. The number of rotatable bonds is 12. The standard InChI is InChI=1S/C28H34FN3O6S/c1-28(2,3)38-27(34)31(5)14-16-36-22-12-11-21-17-24(37-19-20-9-7-6-8-10-20)26(25(29)23(21)18-22)32(13-15-33)39(35)30-4/h6-12,15,17-18,30H,13-14,16,19H2,1-5H3. The number of likely N-dealkylation sites (N-methyl/N-ethyl adjacent to an activating group) is 1. The van der Waals surface area contributed by atoms with Gasteiger partial charge < -0.3 is 23.9 Å². The number of nitrogens with zero attached hydrogens (tertiary/aromatic N) is 2. The lowest BCUT2D eigenvalue weighted by Gasteiger charge is -2.25. The molecule has 0 bridgehead atoms. The van der Waals surface area contributed by atoms with E-state index < -0.39 is 28.7 Å². The van der Waals surface area contributed by atoms with Crippen molar-refractivity contribution in [2.45, 2.75) is 33.0 Å². The summed E-state index contributed by atoms with van der Waals surface area (Å²) in [6, 6.07) is 15.9. The molecule has 0 spiro atoms. The van der Waals surface area contributed by atoms with Gasteiger partial charge in [0.05, 0.1) is 13.1 Å². The van der Waals surface area contributed by atoms with E-state index in [1.54, 1.807) is 46.0 Å². The second-order valence-electron chi connectivity index (χ2n) is 9.63. The molecule has 3 rings (SSSR count). The van der Waals surface area contributed by atoms with Gasteiger partial charge in [-0.3, -0.25) is 4.31 Å². The molecule has 0 aliphatic carbocycles. The molecule has 0 radical (unpaired) electrons. The van der Waals surface area contributed by atoms with Crippen LogP contribution >= 0.6 is 0 Å². The number of anilines is 1. The van der Waals surface area contributed by atoms with Gasteiger partial charge in [-0.25, -0.2) is 18.1 Å². The first-order chi connectivity index (χ1) is 18.5. The van der Waals surface area contributed by atoms with Crippen molar-refractivity contribution in [2.75, 3.05) is 38.1 Å². The van der Waals surface area contributed by atoms with Crippen molar-refractivity contribution in [3.8, 4) is 11.5 Å². The van der Waals surface area contributed by atoms with Crippen molar-refractivity contribution in [3.63, 3.8) is 0 Å². The lowest BCUT2D eigenvalue weighted by molar-refractivity contribution is -0.106. The summed E-state index contributed by atoms with van der Waals surface area (Å²) in [5, 5.41) is 0.720. The molecule has 0 heterocycles. The fraction of sp³-hybridized carbons (Fsp3) is 0.357. The zero-order valence-electron chi connectivity index (χ0n) is 22.7. The number of aldehydes is 1. The molecule has 9 nitrogen and oxygen atoms in total. The van der Waals surface area contributed by atoms with Crippen molar-refractivity contribution >= 4 is 40.0 Å². The minimum Gasteiger partial charge on any atom is -0.492 e. The molecule has 0 aromatic heterocycles. The van der Waals surface area contributed by atoms with E-state index >= 15 is 4.39 Å². The highest BCUT2D eigenvalue weighted by atomic mass is 32.2. The first kappa shape index (κ1) is 29.9. The molecule has 11 heteroatoms. The molecule has 1 atom stereocenters. The molecule has 0 aliphatic rings. The van der Waals surface area contributed by atoms with Crippen LogP contribution in [-0.4, -0.2) is 60.9 Å². The highest BCUT2D eigenvalue weighted by Crippen LogP contribution is 2.39. The quantitative estimate of drug-likeness (QED) is 0.326. The molecule has 1 amide bonds. The lowest BCUT2D eigenvalue weighted by atomic mass is 10.1. The molecule has 0 saturated heterocycles. The summed E-state index contributed by atoms with van der Waals surface area (Å²) in [6.07, 6.45) is 0.0664. The summed E-state index contributed by atoms with van der Waals surface area (Å²) < 4.78 is 49.5. The Morgan fingerprint density at radius 2 is 1.82 bits per heavy atom. The van der Waals surface area contributed by atoms with E-state index in [0.717, 1.165) is 9.87 Å². The molecular weight excluding hydrogens is 525 g/mol. The number of nitrogens with one attached hydrogen (secondary N) is 1. The number of amides is 1. The summed E-state index contributed by atoms with van der Waals surface area (Å²) in [5.74, 6) is -0.195. The normalized spacial score (nSPS) is 12.1. The van der Waals surface area contributed by atoms with Crippen LogP contribution in [0.1, 0.15) is 26.3 Å². The molecule has 1 unspecified atom stereocenters. The van der Waals surface area contributed by atoms with Crippen molar-refractivity contribution in [2.24, 2.45) is 0 Å². The maximum Gasteiger partial charge on any atom is 0.410 e. The first-order valence-corrected chi connectivity index (χ1v) is 13.4. The number of carbonyl (C=O) groups is 2. The van der Waals surface area contributed by atoms with Crippen molar-refractivity contribution in [1.82, 2.24) is 9.62 Å². The van der Waals surface area contributed by atoms with Crippen LogP contribution in [0.4, 0.5) is 14.9 Å². The van der Waals surface area contributed by atoms with Crippen molar-refractivity contribution < 1.29 is 32.4 Å². The van der Waals surface area contributed by atoms with E-state index in [1.165, 1.54) is 18.0 Å². The summed E-state index contributed by atoms with van der Waals surface area (Å²) in [5.41, 5.74) is 0.138. The zero-order chi connectivity index (χ0) is 28.6.